The molecule has 7 nitrogen and oxygen atoms in total. The average Bonchev–Trinajstić information content (AvgIpc) is 3.08. The maximum absolute atomic E-state index is 12.6. The number of hydrogen-bond acceptors (Lipinski definition) is 4. The molecular weight excluding hydrogens is 400 g/mol. The summed E-state index contributed by atoms with van der Waals surface area (Å²) >= 11 is 5.81. The molecule has 0 spiro atoms. The standard InChI is InChI=1S/C19H19ClN4O3S/c1-14-12-22-24(13-14)10-9-21-19(25)15-3-2-4-18(11-15)28(26,27)23-17-7-5-16(20)6-8-17/h2-8,11-13,23H,9-10H2,1H3,(H,21,25). The topological polar surface area (TPSA) is 93.1 Å². The van der Waals surface area contributed by atoms with E-state index in [0.29, 0.717) is 23.8 Å². The van der Waals surface area contributed by atoms with Crippen LogP contribution in [0.2, 0.25) is 5.02 Å². The number of aryl methyl sites for hydroxylation is 1. The smallest absolute Gasteiger partial charge is 0.261 e. The summed E-state index contributed by atoms with van der Waals surface area (Å²) in [6.07, 6.45) is 3.62. The van der Waals surface area contributed by atoms with Crippen LogP contribution >= 0.6 is 11.6 Å². The zero-order chi connectivity index (χ0) is 20.1. The molecule has 0 bridgehead atoms. The van der Waals surface area contributed by atoms with E-state index >= 15 is 0 Å². The van der Waals surface area contributed by atoms with E-state index in [-0.39, 0.29) is 16.4 Å². The Kier molecular flexibility index (Phi) is 6.01. The molecule has 0 aliphatic heterocycles. The van der Waals surface area contributed by atoms with E-state index in [1.165, 1.54) is 18.2 Å². The van der Waals surface area contributed by atoms with Crippen molar-refractivity contribution in [3.05, 3.63) is 77.1 Å². The lowest BCUT2D eigenvalue weighted by atomic mass is 10.2. The molecule has 3 rings (SSSR count). The summed E-state index contributed by atoms with van der Waals surface area (Å²) < 4.78 is 29.3. The van der Waals surface area contributed by atoms with Gasteiger partial charge in [0.1, 0.15) is 0 Å². The number of hydrogen-bond donors (Lipinski definition) is 2. The second-order valence-corrected chi connectivity index (χ2v) is 8.30. The fraction of sp³-hybridized carbons (Fsp3) is 0.158. The molecule has 28 heavy (non-hydrogen) atoms. The summed E-state index contributed by atoms with van der Waals surface area (Å²) in [7, 11) is -3.83. The lowest BCUT2D eigenvalue weighted by Crippen LogP contribution is -2.27. The van der Waals surface area contributed by atoms with Gasteiger partial charge in [0, 0.05) is 29.0 Å². The SMILES string of the molecule is Cc1cnn(CCNC(=O)c2cccc(S(=O)(=O)Nc3ccc(Cl)cc3)c2)c1. The molecule has 3 aromatic rings. The van der Waals surface area contributed by atoms with E-state index in [0.717, 1.165) is 5.56 Å². The van der Waals surface area contributed by atoms with Gasteiger partial charge in [0.25, 0.3) is 15.9 Å². The van der Waals surface area contributed by atoms with Gasteiger partial charge < -0.3 is 5.32 Å². The van der Waals surface area contributed by atoms with Crippen LogP contribution < -0.4 is 10.0 Å². The van der Waals surface area contributed by atoms with Crippen LogP contribution in [0.1, 0.15) is 15.9 Å². The number of halogens is 1. The second-order valence-electron chi connectivity index (χ2n) is 6.18. The molecule has 0 atom stereocenters. The lowest BCUT2D eigenvalue weighted by Gasteiger charge is -2.10. The molecule has 0 aliphatic rings. The Balaban J connectivity index is 1.66. The molecule has 1 aromatic heterocycles. The average molecular weight is 419 g/mol. The maximum Gasteiger partial charge on any atom is 0.261 e. The number of aromatic nitrogens is 2. The van der Waals surface area contributed by atoms with Gasteiger partial charge in [0.15, 0.2) is 0 Å². The fourth-order valence-corrected chi connectivity index (χ4v) is 3.74. The molecule has 2 aromatic carbocycles. The van der Waals surface area contributed by atoms with E-state index in [2.05, 4.69) is 15.1 Å². The van der Waals surface area contributed by atoms with Gasteiger partial charge in [0.2, 0.25) is 0 Å². The highest BCUT2D eigenvalue weighted by molar-refractivity contribution is 7.92. The number of benzene rings is 2. The van der Waals surface area contributed by atoms with Gasteiger partial charge in [-0.15, -0.1) is 0 Å². The van der Waals surface area contributed by atoms with Crippen molar-refractivity contribution in [1.29, 1.82) is 0 Å². The predicted octanol–water partition coefficient (Wildman–Crippen LogP) is 3.08. The summed E-state index contributed by atoms with van der Waals surface area (Å²) in [6.45, 7) is 2.84. The van der Waals surface area contributed by atoms with Crippen molar-refractivity contribution in [3.8, 4) is 0 Å². The van der Waals surface area contributed by atoms with Gasteiger partial charge in [-0.2, -0.15) is 5.10 Å². The third-order valence-electron chi connectivity index (χ3n) is 3.89. The van der Waals surface area contributed by atoms with E-state index in [4.69, 9.17) is 11.6 Å². The van der Waals surface area contributed by atoms with Crippen LogP contribution in [0.5, 0.6) is 0 Å². The van der Waals surface area contributed by atoms with E-state index in [1.807, 2.05) is 13.1 Å². The second kappa shape index (κ2) is 8.45. The van der Waals surface area contributed by atoms with Crippen molar-refractivity contribution in [3.63, 3.8) is 0 Å². The van der Waals surface area contributed by atoms with Crippen molar-refractivity contribution in [2.45, 2.75) is 18.4 Å². The van der Waals surface area contributed by atoms with Gasteiger partial charge in [-0.25, -0.2) is 8.42 Å². The van der Waals surface area contributed by atoms with Crippen molar-refractivity contribution in [2.24, 2.45) is 0 Å². The summed E-state index contributed by atoms with van der Waals surface area (Å²) in [5.41, 5.74) is 1.68. The minimum absolute atomic E-state index is 0.00204. The monoisotopic (exact) mass is 418 g/mol. The first kappa shape index (κ1) is 19.9. The number of rotatable bonds is 7. The zero-order valence-electron chi connectivity index (χ0n) is 15.1. The number of nitrogens with zero attached hydrogens (tertiary/aromatic N) is 2. The Morgan fingerprint density at radius 2 is 1.93 bits per heavy atom. The Morgan fingerprint density at radius 1 is 1.18 bits per heavy atom. The highest BCUT2D eigenvalue weighted by Gasteiger charge is 2.16. The molecule has 9 heteroatoms. The van der Waals surface area contributed by atoms with Crippen LogP contribution in [-0.2, 0) is 16.6 Å². The highest BCUT2D eigenvalue weighted by atomic mass is 35.5. The highest BCUT2D eigenvalue weighted by Crippen LogP contribution is 2.19. The molecule has 1 amide bonds. The van der Waals surface area contributed by atoms with Gasteiger partial charge in [0.05, 0.1) is 17.6 Å². The molecule has 0 saturated heterocycles. The first-order valence-electron chi connectivity index (χ1n) is 8.49. The molecule has 2 N–H and O–H groups in total. The van der Waals surface area contributed by atoms with E-state index in [9.17, 15) is 13.2 Å². The predicted molar refractivity (Wildman–Crippen MR) is 108 cm³/mol. The quantitative estimate of drug-likeness (QED) is 0.616. The minimum atomic E-state index is -3.83. The normalized spacial score (nSPS) is 11.2. The van der Waals surface area contributed by atoms with E-state index in [1.54, 1.807) is 41.2 Å². The fourth-order valence-electron chi connectivity index (χ4n) is 2.51. The van der Waals surface area contributed by atoms with Crippen LogP contribution in [0.15, 0.2) is 65.8 Å². The molecule has 0 saturated carbocycles. The van der Waals surface area contributed by atoms with Crippen LogP contribution in [0.3, 0.4) is 0 Å². The third kappa shape index (κ3) is 5.11. The van der Waals surface area contributed by atoms with Crippen LogP contribution in [0.4, 0.5) is 5.69 Å². The van der Waals surface area contributed by atoms with Crippen molar-refractivity contribution in [2.75, 3.05) is 11.3 Å². The van der Waals surface area contributed by atoms with Crippen LogP contribution in [0, 0.1) is 6.92 Å². The Morgan fingerprint density at radius 3 is 2.61 bits per heavy atom. The molecular formula is C19H19ClN4O3S. The number of nitrogens with one attached hydrogen (secondary N) is 2. The van der Waals surface area contributed by atoms with Gasteiger partial charge in [-0.1, -0.05) is 17.7 Å². The molecule has 146 valence electrons. The summed E-state index contributed by atoms with van der Waals surface area (Å²) in [5.74, 6) is -0.354. The first-order valence-corrected chi connectivity index (χ1v) is 10.4. The van der Waals surface area contributed by atoms with Crippen LogP contribution in [-0.4, -0.2) is 30.7 Å². The number of anilines is 1. The maximum atomic E-state index is 12.6. The number of sulfonamides is 1. The minimum Gasteiger partial charge on any atom is -0.350 e. The largest absolute Gasteiger partial charge is 0.350 e. The number of amides is 1. The zero-order valence-corrected chi connectivity index (χ0v) is 16.7. The van der Waals surface area contributed by atoms with Crippen molar-refractivity contribution in [1.82, 2.24) is 15.1 Å². The van der Waals surface area contributed by atoms with E-state index < -0.39 is 10.0 Å². The van der Waals surface area contributed by atoms with Gasteiger partial charge >= 0.3 is 0 Å². The first-order chi connectivity index (χ1) is 13.3. The number of carbonyl (C=O) groups excluding carboxylic acids is 1. The molecule has 0 radical (unpaired) electrons. The lowest BCUT2D eigenvalue weighted by molar-refractivity contribution is 0.0951. The van der Waals surface area contributed by atoms with Crippen molar-refractivity contribution < 1.29 is 13.2 Å². The summed E-state index contributed by atoms with van der Waals surface area (Å²) in [6, 6.07) is 12.2. The van der Waals surface area contributed by atoms with Gasteiger partial charge in [-0.3, -0.25) is 14.2 Å². The molecule has 1 heterocycles. The molecule has 0 aliphatic carbocycles. The molecule has 0 unspecified atom stereocenters. The summed E-state index contributed by atoms with van der Waals surface area (Å²) in [5, 5.41) is 7.41. The molecule has 0 fully saturated rings. The van der Waals surface area contributed by atoms with Crippen LogP contribution in [0.25, 0.3) is 0 Å². The third-order valence-corrected chi connectivity index (χ3v) is 5.52. The number of carbonyl (C=O) groups is 1. The Labute approximate surface area is 168 Å². The summed E-state index contributed by atoms with van der Waals surface area (Å²) in [4.78, 5) is 12.3. The Hall–Kier alpha value is -2.84. The van der Waals surface area contributed by atoms with Gasteiger partial charge in [-0.05, 0) is 55.0 Å². The Bertz CT molecular complexity index is 1080. The van der Waals surface area contributed by atoms with Crippen molar-refractivity contribution >= 4 is 33.2 Å².